The zero-order chi connectivity index (χ0) is 21.7. The highest BCUT2D eigenvalue weighted by Crippen LogP contribution is 2.15. The van der Waals surface area contributed by atoms with Crippen molar-refractivity contribution >= 4 is 0 Å². The SMILES string of the molecule is CCCCCCCCCc1ccc(OCCOCCOCCOCC(C)CC)cc1. The van der Waals surface area contributed by atoms with E-state index in [4.69, 9.17) is 18.9 Å². The van der Waals surface area contributed by atoms with Crippen LogP contribution in [0.4, 0.5) is 0 Å². The first-order valence-corrected chi connectivity index (χ1v) is 12.2. The first kappa shape index (κ1) is 26.9. The van der Waals surface area contributed by atoms with Crippen LogP contribution in [0.3, 0.4) is 0 Å². The molecule has 0 N–H and O–H groups in total. The van der Waals surface area contributed by atoms with Gasteiger partial charge in [-0.05, 0) is 36.5 Å². The quantitative estimate of drug-likeness (QED) is 0.213. The monoisotopic (exact) mass is 422 g/mol. The maximum atomic E-state index is 5.75. The van der Waals surface area contributed by atoms with E-state index in [0.717, 1.165) is 18.8 Å². The molecule has 0 aliphatic heterocycles. The predicted octanol–water partition coefficient (Wildman–Crippen LogP) is 6.45. The summed E-state index contributed by atoms with van der Waals surface area (Å²) in [6.45, 7) is 11.1. The summed E-state index contributed by atoms with van der Waals surface area (Å²) in [6, 6.07) is 8.51. The van der Waals surface area contributed by atoms with Crippen molar-refractivity contribution in [3.05, 3.63) is 29.8 Å². The topological polar surface area (TPSA) is 36.9 Å². The third-order valence-corrected chi connectivity index (χ3v) is 5.33. The van der Waals surface area contributed by atoms with E-state index in [1.807, 2.05) is 0 Å². The highest BCUT2D eigenvalue weighted by Gasteiger charge is 1.99. The summed E-state index contributed by atoms with van der Waals surface area (Å²) in [5.41, 5.74) is 1.40. The number of unbranched alkanes of at least 4 members (excludes halogenated alkanes) is 6. The Labute approximate surface area is 185 Å². The van der Waals surface area contributed by atoms with Gasteiger partial charge in [0.25, 0.3) is 0 Å². The summed E-state index contributed by atoms with van der Waals surface area (Å²) in [7, 11) is 0. The number of benzene rings is 1. The van der Waals surface area contributed by atoms with E-state index in [2.05, 4.69) is 45.0 Å². The summed E-state index contributed by atoms with van der Waals surface area (Å²) in [5, 5.41) is 0. The van der Waals surface area contributed by atoms with Crippen molar-refractivity contribution in [2.75, 3.05) is 46.2 Å². The van der Waals surface area contributed by atoms with Crippen LogP contribution in [0.15, 0.2) is 24.3 Å². The van der Waals surface area contributed by atoms with E-state index < -0.39 is 0 Å². The molecule has 4 heteroatoms. The minimum Gasteiger partial charge on any atom is -0.491 e. The van der Waals surface area contributed by atoms with Crippen LogP contribution in [-0.4, -0.2) is 46.2 Å². The smallest absolute Gasteiger partial charge is 0.119 e. The van der Waals surface area contributed by atoms with Gasteiger partial charge in [-0.1, -0.05) is 77.8 Å². The van der Waals surface area contributed by atoms with Crippen LogP contribution in [0.25, 0.3) is 0 Å². The highest BCUT2D eigenvalue weighted by molar-refractivity contribution is 5.27. The van der Waals surface area contributed by atoms with Crippen LogP contribution in [0, 0.1) is 5.92 Å². The molecule has 30 heavy (non-hydrogen) atoms. The lowest BCUT2D eigenvalue weighted by Crippen LogP contribution is -2.14. The summed E-state index contributed by atoms with van der Waals surface area (Å²) >= 11 is 0. The van der Waals surface area contributed by atoms with Crippen molar-refractivity contribution in [3.8, 4) is 5.75 Å². The maximum Gasteiger partial charge on any atom is 0.119 e. The van der Waals surface area contributed by atoms with Gasteiger partial charge in [0.2, 0.25) is 0 Å². The van der Waals surface area contributed by atoms with Crippen molar-refractivity contribution in [3.63, 3.8) is 0 Å². The van der Waals surface area contributed by atoms with Gasteiger partial charge in [0, 0.05) is 6.61 Å². The molecule has 0 radical (unpaired) electrons. The van der Waals surface area contributed by atoms with Crippen LogP contribution in [0.1, 0.15) is 77.7 Å². The first-order chi connectivity index (χ1) is 14.8. The zero-order valence-corrected chi connectivity index (χ0v) is 19.8. The van der Waals surface area contributed by atoms with Crippen molar-refractivity contribution < 1.29 is 18.9 Å². The Balaban J connectivity index is 1.91. The number of ether oxygens (including phenoxy) is 4. The number of hydrogen-bond donors (Lipinski definition) is 0. The van der Waals surface area contributed by atoms with Crippen molar-refractivity contribution in [2.45, 2.75) is 78.6 Å². The number of rotatable bonds is 21. The molecule has 0 spiro atoms. The van der Waals surface area contributed by atoms with Gasteiger partial charge in [-0.25, -0.2) is 0 Å². The highest BCUT2D eigenvalue weighted by atomic mass is 16.6. The second-order valence-corrected chi connectivity index (χ2v) is 8.18. The molecule has 0 fully saturated rings. The Hall–Kier alpha value is -1.10. The Kier molecular flexibility index (Phi) is 17.8. The molecule has 1 aromatic carbocycles. The van der Waals surface area contributed by atoms with E-state index >= 15 is 0 Å². The molecule has 4 nitrogen and oxygen atoms in total. The average molecular weight is 423 g/mol. The molecule has 0 saturated carbocycles. The van der Waals surface area contributed by atoms with Crippen LogP contribution < -0.4 is 4.74 Å². The van der Waals surface area contributed by atoms with E-state index in [1.165, 1.54) is 56.9 Å². The summed E-state index contributed by atoms with van der Waals surface area (Å²) in [6.07, 6.45) is 11.8. The number of aryl methyl sites for hydroxylation is 1. The summed E-state index contributed by atoms with van der Waals surface area (Å²) in [4.78, 5) is 0. The van der Waals surface area contributed by atoms with Gasteiger partial charge >= 0.3 is 0 Å². The van der Waals surface area contributed by atoms with Gasteiger partial charge in [-0.3, -0.25) is 0 Å². The lowest BCUT2D eigenvalue weighted by molar-refractivity contribution is 0.00399. The van der Waals surface area contributed by atoms with Crippen LogP contribution in [-0.2, 0) is 20.6 Å². The zero-order valence-electron chi connectivity index (χ0n) is 19.8. The Morgan fingerprint density at radius 1 is 0.667 bits per heavy atom. The molecule has 1 unspecified atom stereocenters. The van der Waals surface area contributed by atoms with Crippen LogP contribution in [0.2, 0.25) is 0 Å². The largest absolute Gasteiger partial charge is 0.491 e. The second-order valence-electron chi connectivity index (χ2n) is 8.18. The molecule has 0 bridgehead atoms. The molecule has 174 valence electrons. The number of hydrogen-bond acceptors (Lipinski definition) is 4. The second kappa shape index (κ2) is 19.8. The summed E-state index contributed by atoms with van der Waals surface area (Å²) in [5.74, 6) is 1.53. The molecule has 1 rings (SSSR count). The Morgan fingerprint density at radius 2 is 1.23 bits per heavy atom. The molecule has 0 saturated heterocycles. The Bertz CT molecular complexity index is 474. The lowest BCUT2D eigenvalue weighted by atomic mass is 10.0. The standard InChI is InChI=1S/C26H46O4/c1-4-6-7-8-9-10-11-12-25-13-15-26(16-14-25)30-22-21-28-18-17-27-19-20-29-23-24(3)5-2/h13-16,24H,4-12,17-23H2,1-3H3. The summed E-state index contributed by atoms with van der Waals surface area (Å²) < 4.78 is 22.3. The molecule has 0 aliphatic rings. The van der Waals surface area contributed by atoms with E-state index in [0.29, 0.717) is 45.6 Å². The molecule has 0 aromatic heterocycles. The minimum atomic E-state index is 0.565. The van der Waals surface area contributed by atoms with E-state index in [1.54, 1.807) is 0 Å². The van der Waals surface area contributed by atoms with Crippen molar-refractivity contribution in [2.24, 2.45) is 5.92 Å². The minimum absolute atomic E-state index is 0.565. The van der Waals surface area contributed by atoms with Crippen molar-refractivity contribution in [1.29, 1.82) is 0 Å². The predicted molar refractivity (Wildman–Crippen MR) is 126 cm³/mol. The fourth-order valence-corrected chi connectivity index (χ4v) is 3.10. The van der Waals surface area contributed by atoms with E-state index in [9.17, 15) is 0 Å². The van der Waals surface area contributed by atoms with E-state index in [-0.39, 0.29) is 0 Å². The molecule has 0 heterocycles. The molecule has 1 atom stereocenters. The van der Waals surface area contributed by atoms with Gasteiger partial charge in [0.05, 0.1) is 33.0 Å². The Morgan fingerprint density at radius 3 is 1.87 bits per heavy atom. The van der Waals surface area contributed by atoms with Gasteiger partial charge in [-0.15, -0.1) is 0 Å². The maximum absolute atomic E-state index is 5.75. The molecule has 0 amide bonds. The van der Waals surface area contributed by atoms with Crippen LogP contribution >= 0.6 is 0 Å². The lowest BCUT2D eigenvalue weighted by Gasteiger charge is -2.10. The van der Waals surface area contributed by atoms with Crippen LogP contribution in [0.5, 0.6) is 5.75 Å². The van der Waals surface area contributed by atoms with Crippen molar-refractivity contribution in [1.82, 2.24) is 0 Å². The first-order valence-electron chi connectivity index (χ1n) is 12.2. The third-order valence-electron chi connectivity index (χ3n) is 5.33. The fraction of sp³-hybridized carbons (Fsp3) is 0.769. The normalized spacial score (nSPS) is 12.2. The third kappa shape index (κ3) is 15.7. The van der Waals surface area contributed by atoms with Gasteiger partial charge in [0.1, 0.15) is 12.4 Å². The molecular formula is C26H46O4. The fourth-order valence-electron chi connectivity index (χ4n) is 3.10. The van der Waals surface area contributed by atoms with Gasteiger partial charge in [-0.2, -0.15) is 0 Å². The molecule has 1 aromatic rings. The van der Waals surface area contributed by atoms with Gasteiger partial charge in [0.15, 0.2) is 0 Å². The molecule has 0 aliphatic carbocycles. The average Bonchev–Trinajstić information content (AvgIpc) is 2.77. The molecular weight excluding hydrogens is 376 g/mol. The van der Waals surface area contributed by atoms with Gasteiger partial charge < -0.3 is 18.9 Å².